The molecule has 1 N–H and O–H groups in total. The highest BCUT2D eigenvalue weighted by molar-refractivity contribution is 9.10. The quantitative estimate of drug-likeness (QED) is 0.843. The summed E-state index contributed by atoms with van der Waals surface area (Å²) in [5.41, 5.74) is 5.05. The van der Waals surface area contributed by atoms with E-state index in [1.54, 1.807) is 14.2 Å². The summed E-state index contributed by atoms with van der Waals surface area (Å²) >= 11 is 3.46. The van der Waals surface area contributed by atoms with Gasteiger partial charge in [-0.2, -0.15) is 5.48 Å². The van der Waals surface area contributed by atoms with Gasteiger partial charge >= 0.3 is 0 Å². The number of ether oxygens (including phenoxy) is 1. The van der Waals surface area contributed by atoms with Crippen LogP contribution in [0.3, 0.4) is 0 Å². The maximum absolute atomic E-state index is 5.29. The molecule has 0 bridgehead atoms. The fourth-order valence-electron chi connectivity index (χ4n) is 1.31. The van der Waals surface area contributed by atoms with Crippen LogP contribution in [0.5, 0.6) is 5.75 Å². The number of benzene rings is 1. The first-order chi connectivity index (χ1) is 6.69. The van der Waals surface area contributed by atoms with E-state index in [0.29, 0.717) is 6.54 Å². The molecule has 0 spiro atoms. The van der Waals surface area contributed by atoms with E-state index in [1.807, 2.05) is 13.0 Å². The molecule has 0 saturated heterocycles. The van der Waals surface area contributed by atoms with Crippen molar-refractivity contribution in [1.29, 1.82) is 0 Å². The van der Waals surface area contributed by atoms with Crippen molar-refractivity contribution < 1.29 is 9.57 Å². The van der Waals surface area contributed by atoms with Gasteiger partial charge in [-0.15, -0.1) is 0 Å². The Morgan fingerprint density at radius 2 is 2.07 bits per heavy atom. The maximum Gasteiger partial charge on any atom is 0.137 e. The Labute approximate surface area is 92.5 Å². The second-order valence-electron chi connectivity index (χ2n) is 2.96. The summed E-state index contributed by atoms with van der Waals surface area (Å²) in [7, 11) is 3.25. The van der Waals surface area contributed by atoms with E-state index < -0.39 is 0 Å². The van der Waals surface area contributed by atoms with Gasteiger partial charge in [0, 0.05) is 12.1 Å². The van der Waals surface area contributed by atoms with E-state index in [-0.39, 0.29) is 0 Å². The highest BCUT2D eigenvalue weighted by Crippen LogP contribution is 2.30. The molecule has 0 fully saturated rings. The van der Waals surface area contributed by atoms with Gasteiger partial charge in [-0.25, -0.2) is 0 Å². The molecule has 0 heterocycles. The number of halogens is 1. The van der Waals surface area contributed by atoms with Crippen molar-refractivity contribution >= 4 is 15.9 Å². The zero-order chi connectivity index (χ0) is 10.6. The molecule has 78 valence electrons. The van der Waals surface area contributed by atoms with Crippen LogP contribution >= 0.6 is 15.9 Å². The predicted molar refractivity (Wildman–Crippen MR) is 59.3 cm³/mol. The molecule has 0 radical (unpaired) electrons. The van der Waals surface area contributed by atoms with Crippen molar-refractivity contribution in [1.82, 2.24) is 5.48 Å². The van der Waals surface area contributed by atoms with Gasteiger partial charge in [0.05, 0.1) is 18.7 Å². The lowest BCUT2D eigenvalue weighted by molar-refractivity contribution is 0.0861. The van der Waals surface area contributed by atoms with Crippen molar-refractivity contribution in [2.75, 3.05) is 14.2 Å². The molecule has 14 heavy (non-hydrogen) atoms. The third kappa shape index (κ3) is 2.70. The van der Waals surface area contributed by atoms with E-state index in [2.05, 4.69) is 27.5 Å². The molecule has 1 rings (SSSR count). The van der Waals surface area contributed by atoms with Gasteiger partial charge in [0.15, 0.2) is 0 Å². The van der Waals surface area contributed by atoms with Crippen LogP contribution in [-0.4, -0.2) is 14.2 Å². The summed E-state index contributed by atoms with van der Waals surface area (Å²) in [6, 6.07) is 4.09. The molecule has 0 atom stereocenters. The zero-order valence-corrected chi connectivity index (χ0v) is 10.1. The first-order valence-corrected chi connectivity index (χ1v) is 5.07. The molecule has 0 aromatic heterocycles. The average molecular weight is 260 g/mol. The molecule has 0 aliphatic carbocycles. The third-order valence-corrected chi connectivity index (χ3v) is 2.46. The van der Waals surface area contributed by atoms with E-state index in [1.165, 1.54) is 5.56 Å². The molecule has 0 amide bonds. The molecule has 4 heteroatoms. The van der Waals surface area contributed by atoms with Crippen LogP contribution < -0.4 is 10.2 Å². The Balaban J connectivity index is 2.99. The van der Waals surface area contributed by atoms with Gasteiger partial charge in [0.1, 0.15) is 5.75 Å². The average Bonchev–Trinajstić information content (AvgIpc) is 2.14. The number of hydrogen-bond donors (Lipinski definition) is 1. The first kappa shape index (κ1) is 11.5. The molecule has 1 aromatic rings. The van der Waals surface area contributed by atoms with Crippen molar-refractivity contribution in [2.45, 2.75) is 13.5 Å². The monoisotopic (exact) mass is 259 g/mol. The highest BCUT2D eigenvalue weighted by Gasteiger charge is 2.07. The summed E-state index contributed by atoms with van der Waals surface area (Å²) < 4.78 is 6.25. The van der Waals surface area contributed by atoms with Gasteiger partial charge in [-0.1, -0.05) is 6.07 Å². The number of aryl methyl sites for hydroxylation is 1. The van der Waals surface area contributed by atoms with Gasteiger partial charge in [-0.3, -0.25) is 0 Å². The summed E-state index contributed by atoms with van der Waals surface area (Å²) in [4.78, 5) is 4.80. The Bertz CT molecular complexity index is 315. The Morgan fingerprint density at radius 3 is 2.64 bits per heavy atom. The van der Waals surface area contributed by atoms with Gasteiger partial charge < -0.3 is 9.57 Å². The minimum absolute atomic E-state index is 0.625. The molecule has 0 saturated carbocycles. The summed E-state index contributed by atoms with van der Waals surface area (Å²) in [6.45, 7) is 2.67. The van der Waals surface area contributed by atoms with Gasteiger partial charge in [0.2, 0.25) is 0 Å². The number of methoxy groups -OCH3 is 1. The van der Waals surface area contributed by atoms with E-state index in [9.17, 15) is 0 Å². The summed E-state index contributed by atoms with van der Waals surface area (Å²) in [5.74, 6) is 0.847. The second-order valence-corrected chi connectivity index (χ2v) is 3.82. The SMILES string of the molecule is CONCc1cc(C)cc(Br)c1OC. The zero-order valence-electron chi connectivity index (χ0n) is 8.56. The van der Waals surface area contributed by atoms with E-state index in [4.69, 9.17) is 9.57 Å². The van der Waals surface area contributed by atoms with Gasteiger partial charge in [-0.05, 0) is 34.5 Å². The Morgan fingerprint density at radius 1 is 1.36 bits per heavy atom. The highest BCUT2D eigenvalue weighted by atomic mass is 79.9. The number of rotatable bonds is 4. The molecule has 1 aromatic carbocycles. The standard InChI is InChI=1S/C10H14BrNO2/c1-7-4-8(6-12-14-3)10(13-2)9(11)5-7/h4-5,12H,6H2,1-3H3. The van der Waals surface area contributed by atoms with Crippen molar-refractivity contribution in [2.24, 2.45) is 0 Å². The Kier molecular flexibility index (Phi) is 4.38. The fraction of sp³-hybridized carbons (Fsp3) is 0.400. The number of nitrogens with one attached hydrogen (secondary N) is 1. The van der Waals surface area contributed by atoms with Crippen molar-refractivity contribution in [3.8, 4) is 5.75 Å². The fourth-order valence-corrected chi connectivity index (χ4v) is 2.09. The van der Waals surface area contributed by atoms with Crippen molar-refractivity contribution in [3.63, 3.8) is 0 Å². The molecule has 0 aliphatic rings. The first-order valence-electron chi connectivity index (χ1n) is 4.28. The lowest BCUT2D eigenvalue weighted by atomic mass is 10.1. The van der Waals surface area contributed by atoms with Crippen LogP contribution in [0.4, 0.5) is 0 Å². The van der Waals surface area contributed by atoms with Crippen LogP contribution in [0.15, 0.2) is 16.6 Å². The normalized spacial score (nSPS) is 10.3. The lowest BCUT2D eigenvalue weighted by Crippen LogP contribution is -2.12. The van der Waals surface area contributed by atoms with E-state index >= 15 is 0 Å². The van der Waals surface area contributed by atoms with Crippen LogP contribution in [0, 0.1) is 6.92 Å². The van der Waals surface area contributed by atoms with E-state index in [0.717, 1.165) is 15.8 Å². The number of hydrogen-bond acceptors (Lipinski definition) is 3. The summed E-state index contributed by atoms with van der Waals surface area (Å²) in [6.07, 6.45) is 0. The lowest BCUT2D eigenvalue weighted by Gasteiger charge is -2.11. The van der Waals surface area contributed by atoms with Gasteiger partial charge in [0.25, 0.3) is 0 Å². The van der Waals surface area contributed by atoms with Crippen LogP contribution in [0.25, 0.3) is 0 Å². The minimum Gasteiger partial charge on any atom is -0.495 e. The molecule has 0 aliphatic heterocycles. The summed E-state index contributed by atoms with van der Waals surface area (Å²) in [5, 5.41) is 0. The molecular formula is C10H14BrNO2. The van der Waals surface area contributed by atoms with Crippen LogP contribution in [-0.2, 0) is 11.4 Å². The second kappa shape index (κ2) is 5.34. The molecule has 0 unspecified atom stereocenters. The molecule has 3 nitrogen and oxygen atoms in total. The predicted octanol–water partition coefficient (Wildman–Crippen LogP) is 2.42. The minimum atomic E-state index is 0.625. The third-order valence-electron chi connectivity index (χ3n) is 1.88. The Hall–Kier alpha value is -0.580. The van der Waals surface area contributed by atoms with Crippen molar-refractivity contribution in [3.05, 3.63) is 27.7 Å². The largest absolute Gasteiger partial charge is 0.495 e. The topological polar surface area (TPSA) is 30.5 Å². The number of hydroxylamine groups is 1. The van der Waals surface area contributed by atoms with Crippen LogP contribution in [0.1, 0.15) is 11.1 Å². The van der Waals surface area contributed by atoms with Crippen LogP contribution in [0.2, 0.25) is 0 Å². The smallest absolute Gasteiger partial charge is 0.137 e. The molecular weight excluding hydrogens is 246 g/mol. The maximum atomic E-state index is 5.29.